The van der Waals surface area contributed by atoms with E-state index in [-0.39, 0.29) is 6.10 Å². The van der Waals surface area contributed by atoms with E-state index in [0.717, 1.165) is 36.0 Å². The van der Waals surface area contributed by atoms with Crippen molar-refractivity contribution in [3.05, 3.63) is 47.6 Å². The van der Waals surface area contributed by atoms with Crippen LogP contribution < -0.4 is 0 Å². The fraction of sp³-hybridized carbons (Fsp3) is 0.714. The summed E-state index contributed by atoms with van der Waals surface area (Å²) in [6.07, 6.45) is 30.0. The molecule has 0 aliphatic heterocycles. The average Bonchev–Trinajstić information content (AvgIpc) is 3.16. The molecule has 8 atom stereocenters. The molecule has 156 valence electrons. The summed E-state index contributed by atoms with van der Waals surface area (Å²) >= 11 is 0. The molecule has 4 fully saturated rings. The van der Waals surface area contributed by atoms with Crippen molar-refractivity contribution in [1.29, 1.82) is 0 Å². The van der Waals surface area contributed by atoms with Gasteiger partial charge in [0.2, 0.25) is 0 Å². The van der Waals surface area contributed by atoms with Gasteiger partial charge in [0.1, 0.15) is 6.10 Å². The lowest BCUT2D eigenvalue weighted by atomic mass is 9.50. The molecular weight excluding hydrogens is 352 g/mol. The molecule has 29 heavy (non-hydrogen) atoms. The molecule has 0 amide bonds. The van der Waals surface area contributed by atoms with Gasteiger partial charge < -0.3 is 4.74 Å². The van der Waals surface area contributed by atoms with Crippen LogP contribution in [0.4, 0.5) is 0 Å². The van der Waals surface area contributed by atoms with E-state index >= 15 is 0 Å². The van der Waals surface area contributed by atoms with Crippen molar-refractivity contribution in [2.45, 2.75) is 89.8 Å². The van der Waals surface area contributed by atoms with Crippen LogP contribution in [0.5, 0.6) is 0 Å². The Bertz CT molecular complexity index is 769. The standard InChI is InChI=1S/C28H38O/c1-28-17-6-11-24(28)22-15-14-20-9-5-13-26(27(20)23(22)16-18-28)29-25-12-4-8-19-7-2-3-10-21(19)25/h2-4,8,10,12,20,22-27H,5-7,9,11,13-18H2,1H3/t20?,22-,23+,24+,25?,26?,27+,28+/m1/s1. The molecule has 6 aliphatic carbocycles. The Hall–Kier alpha value is -1.08. The number of fused-ring (bicyclic) bond motifs is 6. The molecule has 4 saturated carbocycles. The van der Waals surface area contributed by atoms with Gasteiger partial charge in [-0.15, -0.1) is 0 Å². The number of ether oxygens (including phenoxy) is 1. The highest BCUT2D eigenvalue weighted by molar-refractivity contribution is 5.48. The molecule has 6 aliphatic rings. The van der Waals surface area contributed by atoms with Gasteiger partial charge in [-0.25, -0.2) is 0 Å². The molecule has 0 bridgehead atoms. The van der Waals surface area contributed by atoms with Gasteiger partial charge in [0.25, 0.3) is 0 Å². The van der Waals surface area contributed by atoms with Crippen LogP contribution in [0.25, 0.3) is 0 Å². The maximum Gasteiger partial charge on any atom is 0.102 e. The predicted octanol–water partition coefficient (Wildman–Crippen LogP) is 7.17. The first-order valence-electron chi connectivity index (χ1n) is 12.6. The van der Waals surface area contributed by atoms with Crippen molar-refractivity contribution in [3.63, 3.8) is 0 Å². The van der Waals surface area contributed by atoms with Crippen molar-refractivity contribution in [2.24, 2.45) is 35.0 Å². The molecule has 0 saturated heterocycles. The summed E-state index contributed by atoms with van der Waals surface area (Å²) in [5, 5.41) is 0. The number of hydrogen-bond donors (Lipinski definition) is 0. The zero-order valence-electron chi connectivity index (χ0n) is 18.2. The van der Waals surface area contributed by atoms with Gasteiger partial charge in [0.15, 0.2) is 0 Å². The first kappa shape index (κ1) is 18.7. The van der Waals surface area contributed by atoms with Crippen molar-refractivity contribution in [2.75, 3.05) is 0 Å². The topological polar surface area (TPSA) is 9.23 Å². The van der Waals surface area contributed by atoms with Crippen LogP contribution in [0.2, 0.25) is 0 Å². The molecule has 1 nitrogen and oxygen atoms in total. The van der Waals surface area contributed by atoms with E-state index in [9.17, 15) is 0 Å². The molecule has 1 heteroatoms. The molecule has 0 radical (unpaired) electrons. The van der Waals surface area contributed by atoms with Crippen molar-refractivity contribution >= 4 is 0 Å². The third kappa shape index (κ3) is 3.06. The highest BCUT2D eigenvalue weighted by Crippen LogP contribution is 2.62. The quantitative estimate of drug-likeness (QED) is 0.486. The van der Waals surface area contributed by atoms with Gasteiger partial charge in [-0.1, -0.05) is 56.2 Å². The summed E-state index contributed by atoms with van der Waals surface area (Å²) in [5.41, 5.74) is 3.56. The van der Waals surface area contributed by atoms with Crippen molar-refractivity contribution in [3.8, 4) is 0 Å². The summed E-state index contributed by atoms with van der Waals surface area (Å²) in [6.45, 7) is 2.63. The number of hydrogen-bond acceptors (Lipinski definition) is 1. The molecule has 0 spiro atoms. The second-order valence-electron chi connectivity index (χ2n) is 11.3. The summed E-state index contributed by atoms with van der Waals surface area (Å²) in [4.78, 5) is 0. The molecule has 6 rings (SSSR count). The molecule has 0 aromatic heterocycles. The summed E-state index contributed by atoms with van der Waals surface area (Å²) in [7, 11) is 0. The lowest BCUT2D eigenvalue weighted by Crippen LogP contribution is -2.51. The van der Waals surface area contributed by atoms with E-state index in [0.29, 0.717) is 11.5 Å². The maximum atomic E-state index is 7.03. The minimum atomic E-state index is 0.185. The van der Waals surface area contributed by atoms with Crippen LogP contribution in [0, 0.1) is 35.0 Å². The molecule has 0 aromatic rings. The number of rotatable bonds is 2. The number of allylic oxidation sites excluding steroid dienone is 5. The predicted molar refractivity (Wildman–Crippen MR) is 119 cm³/mol. The minimum absolute atomic E-state index is 0.185. The zero-order valence-corrected chi connectivity index (χ0v) is 18.2. The molecule has 0 aromatic carbocycles. The van der Waals surface area contributed by atoms with Crippen molar-refractivity contribution < 1.29 is 4.74 Å². The Balaban J connectivity index is 1.25. The third-order valence-electron chi connectivity index (χ3n) is 10.0. The molecule has 0 heterocycles. The Labute approximate surface area is 177 Å². The molecule has 3 unspecified atom stereocenters. The lowest BCUT2D eigenvalue weighted by molar-refractivity contribution is -0.125. The second kappa shape index (κ2) is 7.26. The highest BCUT2D eigenvalue weighted by Gasteiger charge is 2.55. The fourth-order valence-corrected chi connectivity index (χ4v) is 8.72. The lowest BCUT2D eigenvalue weighted by Gasteiger charge is -2.56. The van der Waals surface area contributed by atoms with Gasteiger partial charge in [-0.05, 0) is 104 Å². The Morgan fingerprint density at radius 1 is 0.897 bits per heavy atom. The summed E-state index contributed by atoms with van der Waals surface area (Å²) < 4.78 is 7.03. The van der Waals surface area contributed by atoms with Crippen LogP contribution >= 0.6 is 0 Å². The van der Waals surface area contributed by atoms with E-state index in [4.69, 9.17) is 4.74 Å². The zero-order chi connectivity index (χ0) is 19.4. The van der Waals surface area contributed by atoms with Crippen LogP contribution in [-0.2, 0) is 4.74 Å². The van der Waals surface area contributed by atoms with Crippen LogP contribution in [0.3, 0.4) is 0 Å². The monoisotopic (exact) mass is 390 g/mol. The summed E-state index contributed by atoms with van der Waals surface area (Å²) in [6, 6.07) is 0. The van der Waals surface area contributed by atoms with Gasteiger partial charge in [-0.3, -0.25) is 0 Å². The normalized spacial score (nSPS) is 48.1. The molecular formula is C28H38O. The smallest absolute Gasteiger partial charge is 0.102 e. The average molecular weight is 391 g/mol. The van der Waals surface area contributed by atoms with Gasteiger partial charge in [0.05, 0.1) is 6.10 Å². The largest absolute Gasteiger partial charge is 0.366 e. The second-order valence-corrected chi connectivity index (χ2v) is 11.3. The third-order valence-corrected chi connectivity index (χ3v) is 10.0. The Morgan fingerprint density at radius 2 is 1.86 bits per heavy atom. The van der Waals surface area contributed by atoms with E-state index < -0.39 is 0 Å². The SMILES string of the molecule is C[C@@]12CCC[C@H]1[C@@H]1CCC3CCCC(OC4C=CC=C5CC=CC=C54)[C@@H]3[C@H]1CC2. The van der Waals surface area contributed by atoms with E-state index in [1.165, 1.54) is 75.4 Å². The van der Waals surface area contributed by atoms with E-state index in [2.05, 4.69) is 43.4 Å². The van der Waals surface area contributed by atoms with Gasteiger partial charge in [-0.2, -0.15) is 0 Å². The van der Waals surface area contributed by atoms with Gasteiger partial charge in [0, 0.05) is 0 Å². The van der Waals surface area contributed by atoms with Crippen molar-refractivity contribution in [1.82, 2.24) is 0 Å². The van der Waals surface area contributed by atoms with Crippen LogP contribution in [0.15, 0.2) is 47.6 Å². The Kier molecular flexibility index (Phi) is 4.67. The maximum absolute atomic E-state index is 7.03. The van der Waals surface area contributed by atoms with Gasteiger partial charge >= 0.3 is 0 Å². The summed E-state index contributed by atoms with van der Waals surface area (Å²) in [5.74, 6) is 4.72. The minimum Gasteiger partial charge on any atom is -0.366 e. The van der Waals surface area contributed by atoms with Crippen LogP contribution in [0.1, 0.15) is 77.6 Å². The van der Waals surface area contributed by atoms with E-state index in [1.807, 2.05) is 0 Å². The first-order chi connectivity index (χ1) is 14.2. The molecule has 0 N–H and O–H groups in total. The van der Waals surface area contributed by atoms with Crippen LogP contribution in [-0.4, -0.2) is 12.2 Å². The first-order valence-corrected chi connectivity index (χ1v) is 12.6. The van der Waals surface area contributed by atoms with E-state index in [1.54, 1.807) is 0 Å². The Morgan fingerprint density at radius 3 is 2.83 bits per heavy atom. The fourth-order valence-electron chi connectivity index (χ4n) is 8.72. The highest BCUT2D eigenvalue weighted by atomic mass is 16.5.